The van der Waals surface area contributed by atoms with Crippen LogP contribution in [0.25, 0.3) is 0 Å². The van der Waals surface area contributed by atoms with Gasteiger partial charge in [0.05, 0.1) is 6.54 Å². The molecule has 0 aliphatic heterocycles. The van der Waals surface area contributed by atoms with Crippen LogP contribution in [0.3, 0.4) is 0 Å². The molecule has 0 saturated heterocycles. The maximum absolute atomic E-state index is 13.1. The predicted molar refractivity (Wildman–Crippen MR) is 140 cm³/mol. The van der Waals surface area contributed by atoms with Crippen LogP contribution in [0.2, 0.25) is 0 Å². The molecule has 2 aromatic carbocycles. The zero-order chi connectivity index (χ0) is 24.1. The quantitative estimate of drug-likeness (QED) is 0.331. The van der Waals surface area contributed by atoms with Gasteiger partial charge in [0.2, 0.25) is 11.9 Å². The molecule has 0 bridgehead atoms. The van der Waals surface area contributed by atoms with E-state index in [-0.39, 0.29) is 5.91 Å². The number of nitrogens with zero attached hydrogens (tertiary/aromatic N) is 2. The summed E-state index contributed by atoms with van der Waals surface area (Å²) >= 11 is 0. The largest absolute Gasteiger partial charge is 0.492 e. The van der Waals surface area contributed by atoms with E-state index in [2.05, 4.69) is 25.9 Å². The van der Waals surface area contributed by atoms with Crippen LogP contribution in [-0.4, -0.2) is 41.6 Å². The summed E-state index contributed by atoms with van der Waals surface area (Å²) in [7, 11) is 0. The SMILES string of the molecule is O=C(NCCOc1ccccc1)[C@H](Cc1ccccc1)Nc1ccnc(NCC2CCCCC2)n1. The van der Waals surface area contributed by atoms with Crippen LogP contribution in [-0.2, 0) is 11.2 Å². The Kier molecular flexibility index (Phi) is 9.33. The molecule has 7 heteroatoms. The summed E-state index contributed by atoms with van der Waals surface area (Å²) in [5, 5.41) is 9.70. The van der Waals surface area contributed by atoms with E-state index >= 15 is 0 Å². The third-order valence-corrected chi connectivity index (χ3v) is 6.26. The van der Waals surface area contributed by atoms with E-state index < -0.39 is 6.04 Å². The Morgan fingerprint density at radius 3 is 2.49 bits per heavy atom. The number of para-hydroxylation sites is 1. The molecule has 1 atom stereocenters. The predicted octanol–water partition coefficient (Wildman–Crippen LogP) is 4.69. The normalized spacial score (nSPS) is 14.6. The molecule has 1 aliphatic rings. The molecule has 3 aromatic rings. The lowest BCUT2D eigenvalue weighted by atomic mass is 9.89. The summed E-state index contributed by atoms with van der Waals surface area (Å²) in [6.45, 7) is 1.70. The van der Waals surface area contributed by atoms with Gasteiger partial charge in [-0.3, -0.25) is 4.79 Å². The minimum absolute atomic E-state index is 0.0964. The number of aromatic nitrogens is 2. The van der Waals surface area contributed by atoms with Gasteiger partial charge in [-0.15, -0.1) is 0 Å². The number of anilines is 2. The Hall–Kier alpha value is -3.61. The van der Waals surface area contributed by atoms with Crippen LogP contribution in [0, 0.1) is 5.92 Å². The number of rotatable bonds is 12. The second-order valence-corrected chi connectivity index (χ2v) is 8.99. The van der Waals surface area contributed by atoms with Crippen LogP contribution in [0.1, 0.15) is 37.7 Å². The van der Waals surface area contributed by atoms with Gasteiger partial charge >= 0.3 is 0 Å². The standard InChI is InChI=1S/C28H35N5O2/c34-27(29-18-19-35-24-14-8-3-9-15-24)25(20-22-10-4-1-5-11-22)32-26-16-17-30-28(33-26)31-21-23-12-6-2-7-13-23/h1,3-5,8-11,14-17,23,25H,2,6-7,12-13,18-21H2,(H,29,34)(H2,30,31,32,33)/t25-/m0/s1. The van der Waals surface area contributed by atoms with Crippen molar-refractivity contribution in [3.63, 3.8) is 0 Å². The van der Waals surface area contributed by atoms with Crippen LogP contribution in [0.4, 0.5) is 11.8 Å². The lowest BCUT2D eigenvalue weighted by Gasteiger charge is -2.22. The van der Waals surface area contributed by atoms with Crippen molar-refractivity contribution in [3.05, 3.63) is 78.5 Å². The molecule has 3 N–H and O–H groups in total. The fourth-order valence-corrected chi connectivity index (χ4v) is 4.37. The molecule has 0 spiro atoms. The van der Waals surface area contributed by atoms with Gasteiger partial charge in [0.1, 0.15) is 24.2 Å². The van der Waals surface area contributed by atoms with Crippen LogP contribution in [0.15, 0.2) is 72.9 Å². The van der Waals surface area contributed by atoms with Crippen molar-refractivity contribution < 1.29 is 9.53 Å². The molecule has 0 radical (unpaired) electrons. The van der Waals surface area contributed by atoms with Gasteiger partial charge in [0, 0.05) is 19.2 Å². The van der Waals surface area contributed by atoms with E-state index in [0.29, 0.717) is 37.3 Å². The van der Waals surface area contributed by atoms with E-state index in [1.165, 1.54) is 32.1 Å². The highest BCUT2D eigenvalue weighted by molar-refractivity contribution is 5.84. The Bertz CT molecular complexity index is 1030. The first-order chi connectivity index (χ1) is 17.3. The molecule has 1 fully saturated rings. The average Bonchev–Trinajstić information content (AvgIpc) is 2.91. The number of ether oxygens (including phenoxy) is 1. The lowest BCUT2D eigenvalue weighted by Crippen LogP contribution is -2.42. The fourth-order valence-electron chi connectivity index (χ4n) is 4.37. The smallest absolute Gasteiger partial charge is 0.243 e. The van der Waals surface area contributed by atoms with E-state index in [4.69, 9.17) is 4.74 Å². The number of carbonyl (C=O) groups is 1. The molecule has 7 nitrogen and oxygen atoms in total. The van der Waals surface area contributed by atoms with Gasteiger partial charge in [-0.05, 0) is 42.5 Å². The molecule has 1 aliphatic carbocycles. The van der Waals surface area contributed by atoms with Crippen molar-refractivity contribution >= 4 is 17.7 Å². The van der Waals surface area contributed by atoms with Crippen molar-refractivity contribution in [1.29, 1.82) is 0 Å². The number of amides is 1. The Balaban J connectivity index is 1.34. The Morgan fingerprint density at radius 1 is 0.971 bits per heavy atom. The number of nitrogens with one attached hydrogen (secondary N) is 3. The van der Waals surface area contributed by atoms with Crippen molar-refractivity contribution in [2.24, 2.45) is 5.92 Å². The minimum Gasteiger partial charge on any atom is -0.492 e. The van der Waals surface area contributed by atoms with Crippen molar-refractivity contribution in [3.8, 4) is 5.75 Å². The summed E-state index contributed by atoms with van der Waals surface area (Å²) in [5.41, 5.74) is 1.07. The van der Waals surface area contributed by atoms with E-state index in [1.54, 1.807) is 12.3 Å². The molecule has 184 valence electrons. The summed E-state index contributed by atoms with van der Waals surface area (Å²) in [6, 6.07) is 20.9. The number of benzene rings is 2. The highest BCUT2D eigenvalue weighted by Gasteiger charge is 2.20. The number of hydrogen-bond donors (Lipinski definition) is 3. The topological polar surface area (TPSA) is 88.2 Å². The van der Waals surface area contributed by atoms with Gasteiger partial charge in [-0.2, -0.15) is 4.98 Å². The summed E-state index contributed by atoms with van der Waals surface area (Å²) in [4.78, 5) is 22.1. The zero-order valence-electron chi connectivity index (χ0n) is 20.2. The van der Waals surface area contributed by atoms with Gasteiger partial charge < -0.3 is 20.7 Å². The molecular weight excluding hydrogens is 438 g/mol. The van der Waals surface area contributed by atoms with Crippen molar-refractivity contribution in [2.75, 3.05) is 30.3 Å². The Labute approximate surface area is 207 Å². The first kappa shape index (κ1) is 24.5. The first-order valence-corrected chi connectivity index (χ1v) is 12.6. The minimum atomic E-state index is -0.477. The van der Waals surface area contributed by atoms with Crippen LogP contribution < -0.4 is 20.7 Å². The average molecular weight is 474 g/mol. The molecule has 1 saturated carbocycles. The molecule has 4 rings (SSSR count). The molecule has 0 unspecified atom stereocenters. The first-order valence-electron chi connectivity index (χ1n) is 12.6. The molecule has 1 heterocycles. The second-order valence-electron chi connectivity index (χ2n) is 8.99. The fraction of sp³-hybridized carbons (Fsp3) is 0.393. The van der Waals surface area contributed by atoms with Gasteiger partial charge in [0.15, 0.2) is 0 Å². The van der Waals surface area contributed by atoms with Gasteiger partial charge in [-0.1, -0.05) is 67.8 Å². The zero-order valence-corrected chi connectivity index (χ0v) is 20.2. The molecule has 1 amide bonds. The summed E-state index contributed by atoms with van der Waals surface area (Å²) in [6.07, 6.45) is 8.75. The number of carbonyl (C=O) groups excluding carboxylic acids is 1. The maximum atomic E-state index is 13.1. The lowest BCUT2D eigenvalue weighted by molar-refractivity contribution is -0.121. The number of hydrogen-bond acceptors (Lipinski definition) is 6. The molecular formula is C28H35N5O2. The van der Waals surface area contributed by atoms with E-state index in [0.717, 1.165) is 17.9 Å². The third kappa shape index (κ3) is 8.28. The monoisotopic (exact) mass is 473 g/mol. The summed E-state index contributed by atoms with van der Waals surface area (Å²) in [5.74, 6) is 2.59. The highest BCUT2D eigenvalue weighted by Crippen LogP contribution is 2.23. The van der Waals surface area contributed by atoms with Crippen LogP contribution >= 0.6 is 0 Å². The van der Waals surface area contributed by atoms with Crippen molar-refractivity contribution in [1.82, 2.24) is 15.3 Å². The Morgan fingerprint density at radius 2 is 1.71 bits per heavy atom. The maximum Gasteiger partial charge on any atom is 0.243 e. The van der Waals surface area contributed by atoms with E-state index in [9.17, 15) is 4.79 Å². The van der Waals surface area contributed by atoms with E-state index in [1.807, 2.05) is 60.7 Å². The second kappa shape index (κ2) is 13.3. The van der Waals surface area contributed by atoms with Crippen molar-refractivity contribution in [2.45, 2.75) is 44.6 Å². The van der Waals surface area contributed by atoms with Gasteiger partial charge in [0.25, 0.3) is 0 Å². The summed E-state index contributed by atoms with van der Waals surface area (Å²) < 4.78 is 5.70. The molecule has 1 aromatic heterocycles. The molecule has 35 heavy (non-hydrogen) atoms. The van der Waals surface area contributed by atoms with Gasteiger partial charge in [-0.25, -0.2) is 4.98 Å². The van der Waals surface area contributed by atoms with Crippen LogP contribution in [0.5, 0.6) is 5.75 Å². The third-order valence-electron chi connectivity index (χ3n) is 6.26. The highest BCUT2D eigenvalue weighted by atomic mass is 16.5.